The van der Waals surface area contributed by atoms with Crippen molar-refractivity contribution in [3.8, 4) is 0 Å². The Morgan fingerprint density at radius 2 is 1.95 bits per heavy atom. The highest BCUT2D eigenvalue weighted by Crippen LogP contribution is 2.41. The number of hydrogen-bond acceptors (Lipinski definition) is 2. The monoisotopic (exact) mass is 327 g/mol. The molecule has 112 valence electrons. The summed E-state index contributed by atoms with van der Waals surface area (Å²) in [5, 5.41) is 0.197. The van der Waals surface area contributed by atoms with Crippen LogP contribution in [0, 0.1) is 12.8 Å². The maximum Gasteiger partial charge on any atom is 0.405 e. The molecule has 1 fully saturated rings. The molecule has 1 aromatic rings. The lowest BCUT2D eigenvalue weighted by atomic mass is 10.2. The number of alkyl halides is 3. The lowest BCUT2D eigenvalue weighted by molar-refractivity contribution is -0.155. The van der Waals surface area contributed by atoms with Crippen LogP contribution in [0.15, 0.2) is 23.1 Å². The lowest BCUT2D eigenvalue weighted by Gasteiger charge is -2.21. The van der Waals surface area contributed by atoms with Crippen LogP contribution in [0.2, 0.25) is 5.02 Å². The van der Waals surface area contributed by atoms with Crippen molar-refractivity contribution in [2.45, 2.75) is 36.9 Å². The Kier molecular flexibility index (Phi) is 4.05. The summed E-state index contributed by atoms with van der Waals surface area (Å²) in [7, 11) is -4.26. The fraction of sp³-hybridized carbons (Fsp3) is 0.500. The number of halogens is 4. The summed E-state index contributed by atoms with van der Waals surface area (Å²) in [4.78, 5) is -0.222. The Bertz CT molecular complexity index is 612. The van der Waals surface area contributed by atoms with Crippen LogP contribution < -0.4 is 4.72 Å². The topological polar surface area (TPSA) is 46.2 Å². The molecule has 0 radical (unpaired) electrons. The van der Waals surface area contributed by atoms with E-state index in [2.05, 4.69) is 0 Å². The Morgan fingerprint density at radius 3 is 2.45 bits per heavy atom. The molecule has 2 rings (SSSR count). The highest BCUT2D eigenvalue weighted by atomic mass is 35.5. The van der Waals surface area contributed by atoms with Gasteiger partial charge in [0.2, 0.25) is 10.0 Å². The predicted molar refractivity (Wildman–Crippen MR) is 69.1 cm³/mol. The molecule has 1 unspecified atom stereocenters. The summed E-state index contributed by atoms with van der Waals surface area (Å²) in [5.74, 6) is -0.677. The predicted octanol–water partition coefficient (Wildman–Crippen LogP) is 3.27. The molecular weight excluding hydrogens is 315 g/mol. The summed E-state index contributed by atoms with van der Waals surface area (Å²) in [6.45, 7) is 1.45. The van der Waals surface area contributed by atoms with E-state index in [1.54, 1.807) is 4.72 Å². The third-order valence-electron chi connectivity index (χ3n) is 3.24. The Morgan fingerprint density at radius 1 is 1.35 bits per heavy atom. The van der Waals surface area contributed by atoms with Crippen LogP contribution >= 0.6 is 11.6 Å². The van der Waals surface area contributed by atoms with E-state index in [1.807, 2.05) is 0 Å². The molecule has 1 aliphatic carbocycles. The average Bonchev–Trinajstić information content (AvgIpc) is 3.12. The molecule has 1 saturated carbocycles. The van der Waals surface area contributed by atoms with Crippen LogP contribution in [0.25, 0.3) is 0 Å². The molecular formula is C12H13ClF3NO2S. The van der Waals surface area contributed by atoms with Crippen LogP contribution in [-0.4, -0.2) is 20.6 Å². The SMILES string of the molecule is Cc1c(Cl)cccc1S(=O)(=O)NC(C1CC1)C(F)(F)F. The first-order chi connectivity index (χ1) is 9.13. The first-order valence-corrected chi connectivity index (χ1v) is 7.83. The van der Waals surface area contributed by atoms with Gasteiger partial charge < -0.3 is 0 Å². The quantitative estimate of drug-likeness (QED) is 0.922. The van der Waals surface area contributed by atoms with E-state index < -0.39 is 28.2 Å². The number of sulfonamides is 1. The first kappa shape index (κ1) is 15.6. The molecule has 0 aromatic heterocycles. The molecule has 0 heterocycles. The molecule has 1 atom stereocenters. The van der Waals surface area contributed by atoms with Crippen molar-refractivity contribution in [2.24, 2.45) is 5.92 Å². The van der Waals surface area contributed by atoms with Crippen LogP contribution in [-0.2, 0) is 10.0 Å². The second-order valence-electron chi connectivity index (χ2n) is 4.84. The molecule has 1 aliphatic rings. The third-order valence-corrected chi connectivity index (χ3v) is 5.23. The highest BCUT2D eigenvalue weighted by Gasteiger charge is 2.50. The van der Waals surface area contributed by atoms with Crippen LogP contribution in [0.5, 0.6) is 0 Å². The largest absolute Gasteiger partial charge is 0.405 e. The standard InChI is InChI=1S/C12H13ClF3NO2S/c1-7-9(13)3-2-4-10(7)20(18,19)17-11(8-5-6-8)12(14,15)16/h2-4,8,11,17H,5-6H2,1H3. The van der Waals surface area contributed by atoms with Gasteiger partial charge in [-0.05, 0) is 43.4 Å². The van der Waals surface area contributed by atoms with Gasteiger partial charge in [-0.25, -0.2) is 8.42 Å². The molecule has 20 heavy (non-hydrogen) atoms. The minimum Gasteiger partial charge on any atom is -0.207 e. The van der Waals surface area contributed by atoms with E-state index in [-0.39, 0.29) is 15.5 Å². The van der Waals surface area contributed by atoms with Gasteiger partial charge in [-0.3, -0.25) is 0 Å². The van der Waals surface area contributed by atoms with E-state index in [9.17, 15) is 21.6 Å². The first-order valence-electron chi connectivity index (χ1n) is 5.97. The zero-order chi connectivity index (χ0) is 15.1. The van der Waals surface area contributed by atoms with Crippen molar-refractivity contribution in [1.82, 2.24) is 4.72 Å². The van der Waals surface area contributed by atoms with E-state index >= 15 is 0 Å². The van der Waals surface area contributed by atoms with Gasteiger partial charge in [-0.2, -0.15) is 17.9 Å². The minimum absolute atomic E-state index is 0.197. The molecule has 3 nitrogen and oxygen atoms in total. The van der Waals surface area contributed by atoms with Crippen molar-refractivity contribution in [2.75, 3.05) is 0 Å². The molecule has 0 saturated heterocycles. The molecule has 0 aliphatic heterocycles. The molecule has 1 aromatic carbocycles. The average molecular weight is 328 g/mol. The fourth-order valence-electron chi connectivity index (χ4n) is 1.97. The Labute approximate surface area is 120 Å². The number of nitrogens with one attached hydrogen (secondary N) is 1. The molecule has 1 N–H and O–H groups in total. The maximum atomic E-state index is 12.9. The van der Waals surface area contributed by atoms with E-state index in [4.69, 9.17) is 11.6 Å². The van der Waals surface area contributed by atoms with Crippen LogP contribution in [0.3, 0.4) is 0 Å². The zero-order valence-electron chi connectivity index (χ0n) is 10.5. The molecule has 0 spiro atoms. The van der Waals surface area contributed by atoms with Gasteiger partial charge in [0.25, 0.3) is 0 Å². The second kappa shape index (κ2) is 5.20. The summed E-state index contributed by atoms with van der Waals surface area (Å²) in [6, 6.07) is 2.08. The van der Waals surface area contributed by atoms with Gasteiger partial charge in [0.05, 0.1) is 4.90 Å². The van der Waals surface area contributed by atoms with Crippen molar-refractivity contribution < 1.29 is 21.6 Å². The maximum absolute atomic E-state index is 12.9. The Hall–Kier alpha value is -0.790. The van der Waals surface area contributed by atoms with Gasteiger partial charge in [0.15, 0.2) is 0 Å². The van der Waals surface area contributed by atoms with E-state index in [1.165, 1.54) is 25.1 Å². The smallest absolute Gasteiger partial charge is 0.207 e. The van der Waals surface area contributed by atoms with E-state index in [0.29, 0.717) is 12.8 Å². The summed E-state index contributed by atoms with van der Waals surface area (Å²) in [5.41, 5.74) is 0.235. The number of benzene rings is 1. The third kappa shape index (κ3) is 3.27. The number of hydrogen-bond donors (Lipinski definition) is 1. The molecule has 0 amide bonds. The van der Waals surface area contributed by atoms with Crippen molar-refractivity contribution in [3.05, 3.63) is 28.8 Å². The van der Waals surface area contributed by atoms with Crippen LogP contribution in [0.4, 0.5) is 13.2 Å². The Balaban J connectivity index is 2.33. The van der Waals surface area contributed by atoms with Crippen LogP contribution in [0.1, 0.15) is 18.4 Å². The van der Waals surface area contributed by atoms with Gasteiger partial charge in [0.1, 0.15) is 6.04 Å². The van der Waals surface area contributed by atoms with Gasteiger partial charge >= 0.3 is 6.18 Å². The second-order valence-corrected chi connectivity index (χ2v) is 6.93. The van der Waals surface area contributed by atoms with Gasteiger partial charge in [-0.1, -0.05) is 17.7 Å². The highest BCUT2D eigenvalue weighted by molar-refractivity contribution is 7.89. The van der Waals surface area contributed by atoms with Gasteiger partial charge in [-0.15, -0.1) is 0 Å². The lowest BCUT2D eigenvalue weighted by Crippen LogP contribution is -2.46. The number of rotatable bonds is 4. The zero-order valence-corrected chi connectivity index (χ0v) is 12.1. The summed E-state index contributed by atoms with van der Waals surface area (Å²) >= 11 is 5.81. The van der Waals surface area contributed by atoms with E-state index in [0.717, 1.165) is 0 Å². The molecule has 8 heteroatoms. The summed E-state index contributed by atoms with van der Waals surface area (Å²) in [6.07, 6.45) is -3.84. The van der Waals surface area contributed by atoms with Crippen molar-refractivity contribution in [1.29, 1.82) is 0 Å². The normalized spacial score (nSPS) is 18.1. The fourth-order valence-corrected chi connectivity index (χ4v) is 3.76. The summed E-state index contributed by atoms with van der Waals surface area (Å²) < 4.78 is 64.7. The van der Waals surface area contributed by atoms with Crippen molar-refractivity contribution >= 4 is 21.6 Å². The minimum atomic E-state index is -4.60. The van der Waals surface area contributed by atoms with Gasteiger partial charge in [0, 0.05) is 5.02 Å². The molecule has 0 bridgehead atoms. The van der Waals surface area contributed by atoms with Crippen molar-refractivity contribution in [3.63, 3.8) is 0 Å².